The van der Waals surface area contributed by atoms with Crippen molar-refractivity contribution in [1.82, 2.24) is 19.9 Å². The van der Waals surface area contributed by atoms with Gasteiger partial charge in [-0.15, -0.1) is 0 Å². The first kappa shape index (κ1) is 15.3. The first-order valence-electron chi connectivity index (χ1n) is 6.80. The van der Waals surface area contributed by atoms with Crippen molar-refractivity contribution >= 4 is 21.6 Å². The van der Waals surface area contributed by atoms with Gasteiger partial charge in [0.2, 0.25) is 11.7 Å². The van der Waals surface area contributed by atoms with E-state index in [2.05, 4.69) is 31.2 Å². The Morgan fingerprint density at radius 2 is 2.09 bits per heavy atom. The normalized spacial score (nSPS) is 10.9. The van der Waals surface area contributed by atoms with Gasteiger partial charge >= 0.3 is 0 Å². The predicted molar refractivity (Wildman–Crippen MR) is 84.8 cm³/mol. The third kappa shape index (κ3) is 3.29. The SMILES string of the molecule is Cc1c(Br)cnn1CCc1nc(-c2ccc([N+](=O)[O-])cc2)no1. The van der Waals surface area contributed by atoms with E-state index >= 15 is 0 Å². The smallest absolute Gasteiger partial charge is 0.269 e. The largest absolute Gasteiger partial charge is 0.339 e. The standard InChI is InChI=1S/C14H12BrN5O3/c1-9-12(15)8-16-19(9)7-6-13-17-14(18-23-13)10-2-4-11(5-3-10)20(21)22/h2-5,8H,6-7H2,1H3. The maximum absolute atomic E-state index is 10.6. The summed E-state index contributed by atoms with van der Waals surface area (Å²) >= 11 is 3.41. The van der Waals surface area contributed by atoms with Crippen molar-refractivity contribution in [3.63, 3.8) is 0 Å². The molecule has 3 aromatic rings. The minimum atomic E-state index is -0.448. The lowest BCUT2D eigenvalue weighted by molar-refractivity contribution is -0.384. The average Bonchev–Trinajstić information content (AvgIpc) is 3.14. The highest BCUT2D eigenvalue weighted by Gasteiger charge is 2.12. The molecule has 0 aliphatic rings. The van der Waals surface area contributed by atoms with Crippen LogP contribution < -0.4 is 0 Å². The highest BCUT2D eigenvalue weighted by atomic mass is 79.9. The molecule has 2 aromatic heterocycles. The summed E-state index contributed by atoms with van der Waals surface area (Å²) in [4.78, 5) is 14.5. The van der Waals surface area contributed by atoms with Crippen LogP contribution in [0.3, 0.4) is 0 Å². The van der Waals surface area contributed by atoms with E-state index < -0.39 is 4.92 Å². The van der Waals surface area contributed by atoms with Gasteiger partial charge in [-0.25, -0.2) is 0 Å². The molecule has 0 atom stereocenters. The maximum Gasteiger partial charge on any atom is 0.269 e. The number of nitro groups is 1. The molecule has 0 aliphatic carbocycles. The summed E-state index contributed by atoms with van der Waals surface area (Å²) < 4.78 is 8.02. The molecule has 0 spiro atoms. The Hall–Kier alpha value is -2.55. The molecular weight excluding hydrogens is 366 g/mol. The van der Waals surface area contributed by atoms with Gasteiger partial charge in [0, 0.05) is 29.8 Å². The Kier molecular flexibility index (Phi) is 4.20. The number of aryl methyl sites for hydroxylation is 2. The van der Waals surface area contributed by atoms with Crippen molar-refractivity contribution in [1.29, 1.82) is 0 Å². The first-order chi connectivity index (χ1) is 11.0. The second-order valence-electron chi connectivity index (χ2n) is 4.87. The van der Waals surface area contributed by atoms with Crippen LogP contribution in [0, 0.1) is 17.0 Å². The van der Waals surface area contributed by atoms with Crippen LogP contribution in [0.1, 0.15) is 11.6 Å². The van der Waals surface area contributed by atoms with Crippen LogP contribution in [0.25, 0.3) is 11.4 Å². The summed E-state index contributed by atoms with van der Waals surface area (Å²) in [6.07, 6.45) is 2.29. The number of rotatable bonds is 5. The number of benzene rings is 1. The molecule has 0 saturated carbocycles. The van der Waals surface area contributed by atoms with Gasteiger partial charge in [-0.1, -0.05) is 5.16 Å². The topological polar surface area (TPSA) is 99.9 Å². The molecule has 0 radical (unpaired) electrons. The highest BCUT2D eigenvalue weighted by Crippen LogP contribution is 2.20. The summed E-state index contributed by atoms with van der Waals surface area (Å²) in [6, 6.07) is 6.02. The Balaban J connectivity index is 1.70. The van der Waals surface area contributed by atoms with Crippen molar-refractivity contribution in [2.75, 3.05) is 0 Å². The van der Waals surface area contributed by atoms with Crippen LogP contribution in [0.5, 0.6) is 0 Å². The minimum Gasteiger partial charge on any atom is -0.339 e. The molecule has 3 rings (SSSR count). The van der Waals surface area contributed by atoms with E-state index in [1.165, 1.54) is 12.1 Å². The summed E-state index contributed by atoms with van der Waals surface area (Å²) in [6.45, 7) is 2.59. The van der Waals surface area contributed by atoms with Gasteiger partial charge in [0.05, 0.1) is 22.1 Å². The van der Waals surface area contributed by atoms with Gasteiger partial charge in [-0.3, -0.25) is 14.8 Å². The van der Waals surface area contributed by atoms with Crippen LogP contribution in [0.15, 0.2) is 39.5 Å². The molecule has 0 bridgehead atoms. The number of nitro benzene ring substituents is 1. The molecule has 0 saturated heterocycles. The molecule has 1 aromatic carbocycles. The second kappa shape index (κ2) is 6.29. The lowest BCUT2D eigenvalue weighted by Crippen LogP contribution is -2.05. The molecule has 23 heavy (non-hydrogen) atoms. The van der Waals surface area contributed by atoms with Gasteiger partial charge in [-0.2, -0.15) is 10.1 Å². The average molecular weight is 378 g/mol. The van der Waals surface area contributed by atoms with Crippen molar-refractivity contribution in [3.8, 4) is 11.4 Å². The van der Waals surface area contributed by atoms with Crippen LogP contribution in [0.4, 0.5) is 5.69 Å². The molecule has 8 nitrogen and oxygen atoms in total. The van der Waals surface area contributed by atoms with Crippen molar-refractivity contribution < 1.29 is 9.45 Å². The number of hydrogen-bond acceptors (Lipinski definition) is 6. The second-order valence-corrected chi connectivity index (χ2v) is 5.72. The third-order valence-corrected chi connectivity index (χ3v) is 4.16. The summed E-state index contributed by atoms with van der Waals surface area (Å²) in [5.74, 6) is 0.901. The van der Waals surface area contributed by atoms with E-state index in [4.69, 9.17) is 4.52 Å². The van der Waals surface area contributed by atoms with E-state index in [0.717, 1.165) is 10.2 Å². The van der Waals surface area contributed by atoms with Gasteiger partial charge in [-0.05, 0) is 35.0 Å². The van der Waals surface area contributed by atoms with Gasteiger partial charge in [0.15, 0.2) is 0 Å². The number of nitrogens with zero attached hydrogens (tertiary/aromatic N) is 5. The summed E-state index contributed by atoms with van der Waals surface area (Å²) in [5.41, 5.74) is 1.72. The first-order valence-corrected chi connectivity index (χ1v) is 7.59. The van der Waals surface area contributed by atoms with Crippen LogP contribution >= 0.6 is 15.9 Å². The Labute approximate surface area is 139 Å². The zero-order chi connectivity index (χ0) is 16.4. The molecular formula is C14H12BrN5O3. The number of hydrogen-bond donors (Lipinski definition) is 0. The Morgan fingerprint density at radius 1 is 1.35 bits per heavy atom. The molecule has 0 unspecified atom stereocenters. The zero-order valence-corrected chi connectivity index (χ0v) is 13.7. The Morgan fingerprint density at radius 3 is 2.70 bits per heavy atom. The number of aromatic nitrogens is 4. The summed E-state index contributed by atoms with van der Waals surface area (Å²) in [5, 5.41) is 18.8. The number of non-ortho nitro benzene ring substituents is 1. The monoisotopic (exact) mass is 377 g/mol. The van der Waals surface area contributed by atoms with E-state index in [-0.39, 0.29) is 5.69 Å². The quantitative estimate of drug-likeness (QED) is 0.500. The fourth-order valence-corrected chi connectivity index (χ4v) is 2.35. The van der Waals surface area contributed by atoms with Crippen LogP contribution in [-0.4, -0.2) is 24.8 Å². The van der Waals surface area contributed by atoms with E-state index in [1.807, 2.05) is 11.6 Å². The molecule has 118 valence electrons. The molecule has 0 N–H and O–H groups in total. The van der Waals surface area contributed by atoms with Gasteiger partial charge in [0.1, 0.15) is 0 Å². The molecule has 0 fully saturated rings. The number of halogens is 1. The highest BCUT2D eigenvalue weighted by molar-refractivity contribution is 9.10. The fourth-order valence-electron chi connectivity index (χ4n) is 2.06. The van der Waals surface area contributed by atoms with Gasteiger partial charge in [0.25, 0.3) is 5.69 Å². The molecule has 0 aliphatic heterocycles. The van der Waals surface area contributed by atoms with E-state index in [1.54, 1.807) is 18.3 Å². The van der Waals surface area contributed by atoms with Crippen LogP contribution in [0.2, 0.25) is 0 Å². The molecule has 0 amide bonds. The molecule has 9 heteroatoms. The fraction of sp³-hybridized carbons (Fsp3) is 0.214. The third-order valence-electron chi connectivity index (χ3n) is 3.39. The van der Waals surface area contributed by atoms with Crippen molar-refractivity contribution in [3.05, 3.63) is 56.6 Å². The van der Waals surface area contributed by atoms with E-state index in [9.17, 15) is 10.1 Å². The van der Waals surface area contributed by atoms with E-state index in [0.29, 0.717) is 30.2 Å². The van der Waals surface area contributed by atoms with Gasteiger partial charge < -0.3 is 4.52 Å². The maximum atomic E-state index is 10.6. The summed E-state index contributed by atoms with van der Waals surface area (Å²) in [7, 11) is 0. The Bertz CT molecular complexity index is 840. The van der Waals surface area contributed by atoms with Crippen molar-refractivity contribution in [2.24, 2.45) is 0 Å². The predicted octanol–water partition coefficient (Wildman–Crippen LogP) is 3.15. The zero-order valence-electron chi connectivity index (χ0n) is 12.1. The molecule has 2 heterocycles. The van der Waals surface area contributed by atoms with Crippen molar-refractivity contribution in [2.45, 2.75) is 19.9 Å². The lowest BCUT2D eigenvalue weighted by Gasteiger charge is -2.01. The van der Waals surface area contributed by atoms with Crippen LogP contribution in [-0.2, 0) is 13.0 Å². The lowest BCUT2D eigenvalue weighted by atomic mass is 10.2. The minimum absolute atomic E-state index is 0.0252.